The van der Waals surface area contributed by atoms with Gasteiger partial charge in [-0.1, -0.05) is 0 Å². The Morgan fingerprint density at radius 3 is 3.00 bits per heavy atom. The predicted molar refractivity (Wildman–Crippen MR) is 76.3 cm³/mol. The van der Waals surface area contributed by atoms with Gasteiger partial charge in [-0.15, -0.1) is 0 Å². The van der Waals surface area contributed by atoms with Crippen molar-refractivity contribution in [1.29, 1.82) is 0 Å². The van der Waals surface area contributed by atoms with Crippen LogP contribution in [0.3, 0.4) is 0 Å². The van der Waals surface area contributed by atoms with Crippen LogP contribution in [0, 0.1) is 0 Å². The molecule has 104 valence electrons. The Morgan fingerprint density at radius 1 is 1.47 bits per heavy atom. The lowest BCUT2D eigenvalue weighted by atomic mass is 9.94. The Labute approximate surface area is 115 Å². The molecular weight excluding hydrogens is 236 g/mol. The molecule has 1 saturated carbocycles. The van der Waals surface area contributed by atoms with Gasteiger partial charge in [0.1, 0.15) is 5.82 Å². The molecule has 0 spiro atoms. The highest BCUT2D eigenvalue weighted by molar-refractivity contribution is 5.22. The molecule has 4 heteroatoms. The van der Waals surface area contributed by atoms with Crippen LogP contribution in [-0.4, -0.2) is 48.6 Å². The van der Waals surface area contributed by atoms with Crippen molar-refractivity contribution in [3.63, 3.8) is 0 Å². The Balaban J connectivity index is 1.80. The highest BCUT2D eigenvalue weighted by Gasteiger charge is 2.46. The van der Waals surface area contributed by atoms with Crippen LogP contribution in [0.4, 0.5) is 0 Å². The third-order valence-corrected chi connectivity index (χ3v) is 4.56. The van der Waals surface area contributed by atoms with Crippen molar-refractivity contribution in [2.45, 2.75) is 37.0 Å². The van der Waals surface area contributed by atoms with E-state index >= 15 is 0 Å². The molecule has 1 saturated heterocycles. The molecule has 1 aliphatic carbocycles. The maximum absolute atomic E-state index is 4.91. The van der Waals surface area contributed by atoms with Gasteiger partial charge < -0.3 is 10.2 Å². The monoisotopic (exact) mass is 260 g/mol. The van der Waals surface area contributed by atoms with Gasteiger partial charge in [-0.2, -0.15) is 0 Å². The van der Waals surface area contributed by atoms with Gasteiger partial charge in [-0.3, -0.25) is 0 Å². The van der Waals surface area contributed by atoms with E-state index < -0.39 is 0 Å². The van der Waals surface area contributed by atoms with E-state index in [0.717, 1.165) is 18.9 Å². The van der Waals surface area contributed by atoms with Crippen molar-refractivity contribution >= 4 is 0 Å². The van der Waals surface area contributed by atoms with Crippen molar-refractivity contribution in [2.75, 3.05) is 33.7 Å². The van der Waals surface area contributed by atoms with Gasteiger partial charge >= 0.3 is 0 Å². The van der Waals surface area contributed by atoms with E-state index in [0.29, 0.717) is 5.92 Å². The van der Waals surface area contributed by atoms with Crippen LogP contribution in [-0.2, 0) is 5.41 Å². The molecule has 2 aliphatic rings. The van der Waals surface area contributed by atoms with Crippen LogP contribution in [0.1, 0.15) is 43.1 Å². The molecule has 2 heterocycles. The Hall–Kier alpha value is -1.00. The average Bonchev–Trinajstić information content (AvgIpc) is 3.20. The number of hydrogen-bond acceptors (Lipinski definition) is 4. The summed E-state index contributed by atoms with van der Waals surface area (Å²) in [7, 11) is 4.22. The van der Waals surface area contributed by atoms with Crippen LogP contribution in [0.25, 0.3) is 0 Å². The summed E-state index contributed by atoms with van der Waals surface area (Å²) in [6, 6.07) is 2.11. The third kappa shape index (κ3) is 2.65. The summed E-state index contributed by atoms with van der Waals surface area (Å²) < 4.78 is 0. The van der Waals surface area contributed by atoms with Gasteiger partial charge in [-0.05, 0) is 52.4 Å². The third-order valence-electron chi connectivity index (χ3n) is 4.56. The zero-order chi connectivity index (χ0) is 13.3. The van der Waals surface area contributed by atoms with Crippen molar-refractivity contribution < 1.29 is 0 Å². The Kier molecular flexibility index (Phi) is 3.54. The molecule has 19 heavy (non-hydrogen) atoms. The lowest BCUT2D eigenvalue weighted by Gasteiger charge is -2.29. The van der Waals surface area contributed by atoms with Crippen LogP contribution >= 0.6 is 0 Å². The Bertz CT molecular complexity index is 442. The van der Waals surface area contributed by atoms with E-state index in [1.807, 2.05) is 13.2 Å². The molecule has 0 bridgehead atoms. The van der Waals surface area contributed by atoms with Crippen molar-refractivity contribution in [3.05, 3.63) is 23.8 Å². The number of likely N-dealkylation sites (tertiary alicyclic amines) is 1. The number of hydrogen-bond donors (Lipinski definition) is 1. The first kappa shape index (κ1) is 13.0. The fourth-order valence-corrected chi connectivity index (χ4v) is 3.23. The highest BCUT2D eigenvalue weighted by atomic mass is 15.1. The number of likely N-dealkylation sites (N-methyl/N-ethyl adjacent to an activating group) is 2. The second-order valence-electron chi connectivity index (χ2n) is 6.22. The first-order chi connectivity index (χ1) is 9.23. The van der Waals surface area contributed by atoms with Gasteiger partial charge in [0.2, 0.25) is 0 Å². The summed E-state index contributed by atoms with van der Waals surface area (Å²) in [4.78, 5) is 11.9. The van der Waals surface area contributed by atoms with Crippen molar-refractivity contribution in [3.8, 4) is 0 Å². The normalized spacial score (nSPS) is 26.3. The molecule has 2 fully saturated rings. The molecule has 0 amide bonds. The maximum atomic E-state index is 4.91. The van der Waals surface area contributed by atoms with E-state index in [-0.39, 0.29) is 5.41 Å². The number of nitrogens with one attached hydrogen (secondary N) is 1. The summed E-state index contributed by atoms with van der Waals surface area (Å²) in [5.74, 6) is 1.65. The van der Waals surface area contributed by atoms with Crippen LogP contribution in [0.15, 0.2) is 12.3 Å². The van der Waals surface area contributed by atoms with Gasteiger partial charge in [0, 0.05) is 36.3 Å². The largest absolute Gasteiger partial charge is 0.319 e. The number of nitrogens with zero attached hydrogens (tertiary/aromatic N) is 3. The molecule has 1 aromatic heterocycles. The van der Waals surface area contributed by atoms with Crippen LogP contribution in [0.2, 0.25) is 0 Å². The fourth-order valence-electron chi connectivity index (χ4n) is 3.23. The summed E-state index contributed by atoms with van der Waals surface area (Å²) >= 11 is 0. The second kappa shape index (κ2) is 5.17. The molecule has 1 N–H and O–H groups in total. The topological polar surface area (TPSA) is 41.1 Å². The van der Waals surface area contributed by atoms with E-state index in [2.05, 4.69) is 28.3 Å². The van der Waals surface area contributed by atoms with E-state index in [1.54, 1.807) is 0 Å². The van der Waals surface area contributed by atoms with E-state index in [9.17, 15) is 0 Å². The van der Waals surface area contributed by atoms with E-state index in [1.165, 1.54) is 37.9 Å². The van der Waals surface area contributed by atoms with Gasteiger partial charge in [-0.25, -0.2) is 9.97 Å². The molecule has 1 aromatic rings. The number of piperidine rings is 1. The SMILES string of the molecule is CNCC1(c2nccc(C3CCCN(C)C3)n2)CC1. The standard InChI is InChI=1S/C15H24N4/c1-16-11-15(6-7-15)14-17-8-5-13(18-14)12-4-3-9-19(2)10-12/h5,8,12,16H,3-4,6-7,9-11H2,1-2H3. The molecular formula is C15H24N4. The molecule has 1 unspecified atom stereocenters. The Morgan fingerprint density at radius 2 is 2.32 bits per heavy atom. The first-order valence-corrected chi connectivity index (χ1v) is 7.40. The summed E-state index contributed by atoms with van der Waals surface area (Å²) in [5.41, 5.74) is 1.48. The smallest absolute Gasteiger partial charge is 0.135 e. The minimum atomic E-state index is 0.228. The molecule has 3 rings (SSSR count). The van der Waals surface area contributed by atoms with E-state index in [4.69, 9.17) is 4.98 Å². The summed E-state index contributed by atoms with van der Waals surface area (Å²) in [6.07, 6.45) is 6.95. The predicted octanol–water partition coefficient (Wildman–Crippen LogP) is 1.54. The maximum Gasteiger partial charge on any atom is 0.135 e. The van der Waals surface area contributed by atoms with Gasteiger partial charge in [0.05, 0.1) is 0 Å². The quantitative estimate of drug-likeness (QED) is 0.891. The van der Waals surface area contributed by atoms with Gasteiger partial charge in [0.25, 0.3) is 0 Å². The zero-order valence-electron chi connectivity index (χ0n) is 12.0. The van der Waals surface area contributed by atoms with Crippen molar-refractivity contribution in [2.24, 2.45) is 0 Å². The zero-order valence-corrected chi connectivity index (χ0v) is 12.0. The molecule has 1 aliphatic heterocycles. The van der Waals surface area contributed by atoms with Gasteiger partial charge in [0.15, 0.2) is 0 Å². The summed E-state index contributed by atoms with van der Waals surface area (Å²) in [5, 5.41) is 3.29. The minimum Gasteiger partial charge on any atom is -0.319 e. The number of aromatic nitrogens is 2. The lowest BCUT2D eigenvalue weighted by Crippen LogP contribution is -2.32. The minimum absolute atomic E-state index is 0.228. The number of rotatable bonds is 4. The molecule has 0 aromatic carbocycles. The highest BCUT2D eigenvalue weighted by Crippen LogP contribution is 2.46. The van der Waals surface area contributed by atoms with Crippen LogP contribution < -0.4 is 5.32 Å². The van der Waals surface area contributed by atoms with Crippen LogP contribution in [0.5, 0.6) is 0 Å². The first-order valence-electron chi connectivity index (χ1n) is 7.40. The fraction of sp³-hybridized carbons (Fsp3) is 0.733. The summed E-state index contributed by atoms with van der Waals surface area (Å²) in [6.45, 7) is 3.36. The second-order valence-corrected chi connectivity index (χ2v) is 6.22. The molecule has 1 atom stereocenters. The van der Waals surface area contributed by atoms with Crippen molar-refractivity contribution in [1.82, 2.24) is 20.2 Å². The molecule has 4 nitrogen and oxygen atoms in total. The molecule has 0 radical (unpaired) electrons. The lowest BCUT2D eigenvalue weighted by molar-refractivity contribution is 0.248. The average molecular weight is 260 g/mol.